The third-order valence-corrected chi connectivity index (χ3v) is 5.52. The van der Waals surface area contributed by atoms with Gasteiger partial charge in [-0.3, -0.25) is 9.59 Å². The van der Waals surface area contributed by atoms with E-state index >= 15 is 0 Å². The Hall–Kier alpha value is -3.67. The number of hydrogen-bond donors (Lipinski definition) is 0. The van der Waals surface area contributed by atoms with E-state index in [1.54, 1.807) is 36.4 Å². The third-order valence-electron chi connectivity index (χ3n) is 5.52. The maximum atomic E-state index is 14.8. The smallest absolute Gasteiger partial charge is 0.291 e. The van der Waals surface area contributed by atoms with Gasteiger partial charge in [0.05, 0.1) is 29.8 Å². The van der Waals surface area contributed by atoms with Gasteiger partial charge in [0, 0.05) is 5.56 Å². The lowest BCUT2D eigenvalue weighted by atomic mass is 9.96. The van der Waals surface area contributed by atoms with Gasteiger partial charge in [-0.2, -0.15) is 0 Å². The Bertz CT molecular complexity index is 1350. The molecule has 5 rings (SSSR count). The minimum atomic E-state index is -0.903. The molecule has 0 saturated carbocycles. The number of amides is 1. The summed E-state index contributed by atoms with van der Waals surface area (Å²) >= 11 is 0. The summed E-state index contributed by atoms with van der Waals surface area (Å²) in [6, 6.07) is 12.3. The van der Waals surface area contributed by atoms with Gasteiger partial charge in [-0.15, -0.1) is 0 Å². The first-order chi connectivity index (χ1) is 14.5. The summed E-state index contributed by atoms with van der Waals surface area (Å²) in [6.07, 6.45) is 1.50. The van der Waals surface area contributed by atoms with Crippen LogP contribution in [0.1, 0.15) is 44.6 Å². The molecule has 0 spiro atoms. The maximum Gasteiger partial charge on any atom is 0.291 e. The summed E-state index contributed by atoms with van der Waals surface area (Å²) in [6.45, 7) is 3.81. The Morgan fingerprint density at radius 2 is 1.87 bits per heavy atom. The van der Waals surface area contributed by atoms with Gasteiger partial charge in [0.15, 0.2) is 5.43 Å². The molecule has 0 fully saturated rings. The Balaban J connectivity index is 1.80. The summed E-state index contributed by atoms with van der Waals surface area (Å²) in [7, 11) is 0. The van der Waals surface area contributed by atoms with Crippen molar-refractivity contribution in [2.24, 2.45) is 0 Å². The number of aryl methyl sites for hydroxylation is 2. The molecule has 1 unspecified atom stereocenters. The highest BCUT2D eigenvalue weighted by Gasteiger charge is 2.44. The summed E-state index contributed by atoms with van der Waals surface area (Å²) in [5.41, 5.74) is 2.13. The average molecular weight is 403 g/mol. The van der Waals surface area contributed by atoms with Crippen molar-refractivity contribution in [3.63, 3.8) is 0 Å². The normalized spacial score (nSPS) is 15.8. The van der Waals surface area contributed by atoms with Crippen LogP contribution in [0.25, 0.3) is 11.0 Å². The Kier molecular flexibility index (Phi) is 4.10. The van der Waals surface area contributed by atoms with Crippen molar-refractivity contribution in [3.8, 4) is 0 Å². The molecule has 2 aromatic heterocycles. The quantitative estimate of drug-likeness (QED) is 0.489. The van der Waals surface area contributed by atoms with Crippen LogP contribution >= 0.6 is 0 Å². The van der Waals surface area contributed by atoms with E-state index in [1.165, 1.54) is 17.2 Å². The Labute approximate surface area is 171 Å². The number of furan rings is 1. The first-order valence-corrected chi connectivity index (χ1v) is 9.61. The van der Waals surface area contributed by atoms with Crippen LogP contribution < -0.4 is 5.43 Å². The SMILES string of the molecule is Cc1cc(C)c2c(=O)c3c(oc2c1)C(=O)N(Cc1ccco1)C3c1ccccc1F. The zero-order chi connectivity index (χ0) is 21.0. The number of carbonyl (C=O) groups is 1. The van der Waals surface area contributed by atoms with Crippen LogP contribution in [0, 0.1) is 19.7 Å². The van der Waals surface area contributed by atoms with Crippen molar-refractivity contribution < 1.29 is 18.0 Å². The first kappa shape index (κ1) is 18.4. The minimum absolute atomic E-state index is 0.0442. The molecule has 0 N–H and O–H groups in total. The lowest BCUT2D eigenvalue weighted by Crippen LogP contribution is -2.29. The number of carbonyl (C=O) groups excluding carboxylic acids is 1. The van der Waals surface area contributed by atoms with Crippen molar-refractivity contribution in [2.75, 3.05) is 0 Å². The van der Waals surface area contributed by atoms with Gasteiger partial charge in [-0.25, -0.2) is 4.39 Å². The zero-order valence-electron chi connectivity index (χ0n) is 16.4. The molecule has 1 aliphatic heterocycles. The van der Waals surface area contributed by atoms with Gasteiger partial charge in [0.2, 0.25) is 5.76 Å². The van der Waals surface area contributed by atoms with Gasteiger partial charge >= 0.3 is 0 Å². The second kappa shape index (κ2) is 6.69. The molecule has 2 aromatic carbocycles. The highest BCUT2D eigenvalue weighted by atomic mass is 19.1. The summed E-state index contributed by atoms with van der Waals surface area (Å²) < 4.78 is 26.2. The fourth-order valence-electron chi connectivity index (χ4n) is 4.27. The summed E-state index contributed by atoms with van der Waals surface area (Å²) in [5.74, 6) is -0.473. The molecule has 4 aromatic rings. The summed E-state index contributed by atoms with van der Waals surface area (Å²) in [5, 5.41) is 0.410. The number of hydrogen-bond acceptors (Lipinski definition) is 4. The Morgan fingerprint density at radius 1 is 1.07 bits per heavy atom. The van der Waals surface area contributed by atoms with Gasteiger partial charge in [0.25, 0.3) is 5.91 Å². The van der Waals surface area contributed by atoms with Crippen molar-refractivity contribution in [2.45, 2.75) is 26.4 Å². The molecule has 0 radical (unpaired) electrons. The molecular weight excluding hydrogens is 385 g/mol. The van der Waals surface area contributed by atoms with E-state index in [-0.39, 0.29) is 28.9 Å². The second-order valence-corrected chi connectivity index (χ2v) is 7.57. The maximum absolute atomic E-state index is 14.8. The number of benzene rings is 2. The van der Waals surface area contributed by atoms with Crippen LogP contribution in [0.3, 0.4) is 0 Å². The van der Waals surface area contributed by atoms with Crippen LogP contribution in [-0.4, -0.2) is 10.8 Å². The number of nitrogens with zero attached hydrogens (tertiary/aromatic N) is 1. The fraction of sp³-hybridized carbons (Fsp3) is 0.167. The van der Waals surface area contributed by atoms with Crippen LogP contribution in [0.4, 0.5) is 4.39 Å². The van der Waals surface area contributed by atoms with Crippen molar-refractivity contribution >= 4 is 16.9 Å². The molecule has 1 aliphatic rings. The number of halogens is 1. The molecular formula is C24H18FNO4. The monoisotopic (exact) mass is 403 g/mol. The van der Waals surface area contributed by atoms with E-state index < -0.39 is 17.8 Å². The first-order valence-electron chi connectivity index (χ1n) is 9.61. The molecule has 0 aliphatic carbocycles. The molecule has 1 amide bonds. The van der Waals surface area contributed by atoms with Crippen molar-refractivity contribution in [1.82, 2.24) is 4.90 Å². The molecule has 150 valence electrons. The largest absolute Gasteiger partial charge is 0.467 e. The fourth-order valence-corrected chi connectivity index (χ4v) is 4.27. The topological polar surface area (TPSA) is 63.7 Å². The van der Waals surface area contributed by atoms with Gasteiger partial charge in [-0.05, 0) is 49.2 Å². The minimum Gasteiger partial charge on any atom is -0.467 e. The predicted octanol–water partition coefficient (Wildman–Crippen LogP) is 4.89. The van der Waals surface area contributed by atoms with E-state index in [1.807, 2.05) is 19.9 Å². The molecule has 1 atom stereocenters. The van der Waals surface area contributed by atoms with Crippen LogP contribution in [0.2, 0.25) is 0 Å². The highest BCUT2D eigenvalue weighted by Crippen LogP contribution is 2.40. The predicted molar refractivity (Wildman–Crippen MR) is 109 cm³/mol. The molecule has 6 heteroatoms. The van der Waals surface area contributed by atoms with E-state index in [0.29, 0.717) is 16.7 Å². The summed E-state index contributed by atoms with van der Waals surface area (Å²) in [4.78, 5) is 28.3. The lowest BCUT2D eigenvalue weighted by molar-refractivity contribution is 0.0699. The number of rotatable bonds is 3. The lowest BCUT2D eigenvalue weighted by Gasteiger charge is -2.24. The van der Waals surface area contributed by atoms with Crippen LogP contribution in [0.15, 0.2) is 68.4 Å². The van der Waals surface area contributed by atoms with Gasteiger partial charge in [-0.1, -0.05) is 24.3 Å². The Morgan fingerprint density at radius 3 is 2.60 bits per heavy atom. The second-order valence-electron chi connectivity index (χ2n) is 7.57. The molecule has 30 heavy (non-hydrogen) atoms. The van der Waals surface area contributed by atoms with Crippen LogP contribution in [0.5, 0.6) is 0 Å². The van der Waals surface area contributed by atoms with E-state index in [4.69, 9.17) is 8.83 Å². The van der Waals surface area contributed by atoms with Gasteiger partial charge < -0.3 is 13.7 Å². The molecule has 5 nitrogen and oxygen atoms in total. The third kappa shape index (κ3) is 2.68. The standard InChI is InChI=1S/C24H18FNO4/c1-13-10-14(2)19-18(11-13)30-23-20(22(19)27)21(16-7-3-4-8-17(16)25)26(24(23)28)12-15-6-5-9-29-15/h3-11,21H,12H2,1-2H3. The molecule has 3 heterocycles. The molecule has 0 saturated heterocycles. The average Bonchev–Trinajstić information content (AvgIpc) is 3.30. The highest BCUT2D eigenvalue weighted by molar-refractivity contribution is 5.99. The number of fused-ring (bicyclic) bond motifs is 2. The van der Waals surface area contributed by atoms with E-state index in [0.717, 1.165) is 11.1 Å². The van der Waals surface area contributed by atoms with Crippen molar-refractivity contribution in [1.29, 1.82) is 0 Å². The van der Waals surface area contributed by atoms with Crippen LogP contribution in [-0.2, 0) is 6.54 Å². The van der Waals surface area contributed by atoms with E-state index in [9.17, 15) is 14.0 Å². The van der Waals surface area contributed by atoms with E-state index in [2.05, 4.69) is 0 Å². The van der Waals surface area contributed by atoms with Crippen molar-refractivity contribution in [3.05, 3.63) is 105 Å². The molecule has 0 bridgehead atoms. The van der Waals surface area contributed by atoms with Gasteiger partial charge in [0.1, 0.15) is 17.2 Å². The zero-order valence-corrected chi connectivity index (χ0v) is 16.4.